The molecule has 0 bridgehead atoms. The molecule has 25 heavy (non-hydrogen) atoms. The van der Waals surface area contributed by atoms with Crippen LogP contribution in [0.5, 0.6) is 0 Å². The van der Waals surface area contributed by atoms with Gasteiger partial charge >= 0.3 is 6.18 Å². The van der Waals surface area contributed by atoms with Crippen LogP contribution in [0.4, 0.5) is 18.9 Å². The van der Waals surface area contributed by atoms with Crippen molar-refractivity contribution in [1.82, 2.24) is 5.32 Å². The number of non-ortho nitro benzene ring substituents is 1. The molecule has 5 nitrogen and oxygen atoms in total. The van der Waals surface area contributed by atoms with Gasteiger partial charge in [0.2, 0.25) is 0 Å². The Morgan fingerprint density at radius 2 is 1.80 bits per heavy atom. The first-order chi connectivity index (χ1) is 11.7. The Hall–Kier alpha value is -2.61. The lowest BCUT2D eigenvalue weighted by Crippen LogP contribution is -2.26. The van der Waals surface area contributed by atoms with Gasteiger partial charge in [-0.2, -0.15) is 13.2 Å². The first-order valence-corrected chi connectivity index (χ1v) is 7.44. The van der Waals surface area contributed by atoms with Crippen LogP contribution in [-0.2, 0) is 12.6 Å². The summed E-state index contributed by atoms with van der Waals surface area (Å²) in [4.78, 5) is 22.0. The Bertz CT molecular complexity index is 792. The second-order valence-corrected chi connectivity index (χ2v) is 5.53. The van der Waals surface area contributed by atoms with E-state index in [1.165, 1.54) is 18.2 Å². The number of hydrogen-bond donors (Lipinski definition) is 1. The van der Waals surface area contributed by atoms with E-state index in [0.717, 1.165) is 24.3 Å². The Balaban J connectivity index is 1.93. The van der Waals surface area contributed by atoms with Gasteiger partial charge in [-0.1, -0.05) is 23.7 Å². The van der Waals surface area contributed by atoms with Crippen molar-refractivity contribution >= 4 is 23.2 Å². The van der Waals surface area contributed by atoms with Crippen molar-refractivity contribution in [3.63, 3.8) is 0 Å². The number of hydrogen-bond acceptors (Lipinski definition) is 3. The van der Waals surface area contributed by atoms with Gasteiger partial charge in [0, 0.05) is 18.7 Å². The Kier molecular flexibility index (Phi) is 5.63. The van der Waals surface area contributed by atoms with Crippen LogP contribution < -0.4 is 5.32 Å². The lowest BCUT2D eigenvalue weighted by atomic mass is 10.1. The molecule has 0 fully saturated rings. The average molecular weight is 373 g/mol. The van der Waals surface area contributed by atoms with Gasteiger partial charge in [-0.3, -0.25) is 14.9 Å². The van der Waals surface area contributed by atoms with Crippen molar-refractivity contribution in [3.05, 3.63) is 74.3 Å². The van der Waals surface area contributed by atoms with Gasteiger partial charge in [0.25, 0.3) is 11.6 Å². The molecule has 9 heteroatoms. The smallest absolute Gasteiger partial charge is 0.352 e. The van der Waals surface area contributed by atoms with E-state index in [1.54, 1.807) is 0 Å². The van der Waals surface area contributed by atoms with Crippen LogP contribution in [0.1, 0.15) is 21.5 Å². The molecule has 132 valence electrons. The van der Waals surface area contributed by atoms with E-state index in [4.69, 9.17) is 11.6 Å². The normalized spacial score (nSPS) is 11.2. The zero-order valence-electron chi connectivity index (χ0n) is 12.6. The SMILES string of the molecule is O=C(NCCc1ccc(C(F)(F)F)cc1)c1ccc([N+](=O)[O-])cc1Cl. The number of rotatable bonds is 5. The number of halogens is 4. The molecule has 0 atom stereocenters. The third-order valence-electron chi connectivity index (χ3n) is 3.39. The van der Waals surface area contributed by atoms with E-state index < -0.39 is 22.6 Å². The van der Waals surface area contributed by atoms with Crippen LogP contribution in [0.15, 0.2) is 42.5 Å². The highest BCUT2D eigenvalue weighted by Crippen LogP contribution is 2.29. The minimum absolute atomic E-state index is 0.0544. The van der Waals surface area contributed by atoms with Crippen LogP contribution in [0.25, 0.3) is 0 Å². The third kappa shape index (κ3) is 4.93. The maximum absolute atomic E-state index is 12.5. The molecule has 0 aromatic heterocycles. The highest BCUT2D eigenvalue weighted by Gasteiger charge is 2.29. The van der Waals surface area contributed by atoms with Gasteiger partial charge in [-0.25, -0.2) is 0 Å². The number of nitro benzene ring substituents is 1. The standard InChI is InChI=1S/C16H12ClF3N2O3/c17-14-9-12(22(24)25)5-6-13(14)15(23)21-8-7-10-1-3-11(4-2-10)16(18,19)20/h1-6,9H,7-8H2,(H,21,23). The fourth-order valence-electron chi connectivity index (χ4n) is 2.08. The Morgan fingerprint density at radius 3 is 2.32 bits per heavy atom. The second kappa shape index (κ2) is 7.52. The summed E-state index contributed by atoms with van der Waals surface area (Å²) in [6, 6.07) is 8.12. The predicted octanol–water partition coefficient (Wildman–Crippen LogP) is 4.24. The molecule has 2 aromatic carbocycles. The van der Waals surface area contributed by atoms with E-state index in [0.29, 0.717) is 12.0 Å². The summed E-state index contributed by atoms with van der Waals surface area (Å²) in [6.45, 7) is 0.178. The molecule has 0 aliphatic carbocycles. The minimum atomic E-state index is -4.39. The summed E-state index contributed by atoms with van der Waals surface area (Å²) in [7, 11) is 0. The number of alkyl halides is 3. The molecule has 2 rings (SSSR count). The van der Waals surface area contributed by atoms with E-state index in [9.17, 15) is 28.1 Å². The van der Waals surface area contributed by atoms with Gasteiger partial charge in [-0.05, 0) is 30.2 Å². The molecule has 0 aliphatic heterocycles. The van der Waals surface area contributed by atoms with E-state index in [2.05, 4.69) is 5.32 Å². The molecule has 0 aliphatic rings. The number of benzene rings is 2. The lowest BCUT2D eigenvalue weighted by Gasteiger charge is -2.09. The lowest BCUT2D eigenvalue weighted by molar-refractivity contribution is -0.384. The molecule has 0 radical (unpaired) electrons. The van der Waals surface area contributed by atoms with Gasteiger partial charge < -0.3 is 5.32 Å². The molecule has 0 saturated heterocycles. The molecule has 0 saturated carbocycles. The molecule has 1 amide bonds. The number of nitrogens with zero attached hydrogens (tertiary/aromatic N) is 1. The summed E-state index contributed by atoms with van der Waals surface area (Å²) < 4.78 is 37.4. The third-order valence-corrected chi connectivity index (χ3v) is 3.70. The molecule has 1 N–H and O–H groups in total. The first-order valence-electron chi connectivity index (χ1n) is 7.07. The van der Waals surface area contributed by atoms with E-state index >= 15 is 0 Å². The molecule has 0 spiro atoms. The topological polar surface area (TPSA) is 72.2 Å². The molecular weight excluding hydrogens is 361 g/mol. The van der Waals surface area contributed by atoms with E-state index in [-0.39, 0.29) is 22.8 Å². The number of amides is 1. The fraction of sp³-hybridized carbons (Fsp3) is 0.188. The van der Waals surface area contributed by atoms with Crippen molar-refractivity contribution in [1.29, 1.82) is 0 Å². The Labute approximate surface area is 145 Å². The molecular formula is C16H12ClF3N2O3. The maximum Gasteiger partial charge on any atom is 0.416 e. The summed E-state index contributed by atoms with van der Waals surface area (Å²) in [5.41, 5.74) is -0.257. The zero-order chi connectivity index (χ0) is 18.6. The van der Waals surface area contributed by atoms with Gasteiger partial charge in [0.15, 0.2) is 0 Å². The average Bonchev–Trinajstić information content (AvgIpc) is 2.54. The van der Waals surface area contributed by atoms with Crippen molar-refractivity contribution in [2.24, 2.45) is 0 Å². The van der Waals surface area contributed by atoms with Crippen LogP contribution in [0.3, 0.4) is 0 Å². The summed E-state index contributed by atoms with van der Waals surface area (Å²) in [5, 5.41) is 13.1. The maximum atomic E-state index is 12.5. The monoisotopic (exact) mass is 372 g/mol. The van der Waals surface area contributed by atoms with Crippen molar-refractivity contribution in [2.75, 3.05) is 6.54 Å². The van der Waals surface area contributed by atoms with Gasteiger partial charge in [-0.15, -0.1) is 0 Å². The van der Waals surface area contributed by atoms with Crippen molar-refractivity contribution in [3.8, 4) is 0 Å². The molecule has 0 heterocycles. The fourth-order valence-corrected chi connectivity index (χ4v) is 2.34. The minimum Gasteiger partial charge on any atom is -0.352 e. The summed E-state index contributed by atoms with van der Waals surface area (Å²) in [6.07, 6.45) is -4.06. The van der Waals surface area contributed by atoms with Crippen LogP contribution >= 0.6 is 11.6 Å². The van der Waals surface area contributed by atoms with Crippen LogP contribution in [-0.4, -0.2) is 17.4 Å². The molecule has 0 unspecified atom stereocenters. The second-order valence-electron chi connectivity index (χ2n) is 5.12. The van der Waals surface area contributed by atoms with E-state index in [1.807, 2.05) is 0 Å². The highest BCUT2D eigenvalue weighted by atomic mass is 35.5. The first kappa shape index (κ1) is 18.7. The largest absolute Gasteiger partial charge is 0.416 e. The number of carbonyl (C=O) groups excluding carboxylic acids is 1. The zero-order valence-corrected chi connectivity index (χ0v) is 13.4. The predicted molar refractivity (Wildman–Crippen MR) is 85.6 cm³/mol. The van der Waals surface area contributed by atoms with Crippen LogP contribution in [0, 0.1) is 10.1 Å². The number of nitro groups is 1. The quantitative estimate of drug-likeness (QED) is 0.630. The van der Waals surface area contributed by atoms with Gasteiger partial charge in [0.1, 0.15) is 0 Å². The summed E-state index contributed by atoms with van der Waals surface area (Å²) >= 11 is 5.85. The Morgan fingerprint density at radius 1 is 1.16 bits per heavy atom. The van der Waals surface area contributed by atoms with Gasteiger partial charge in [0.05, 0.1) is 21.1 Å². The summed E-state index contributed by atoms with van der Waals surface area (Å²) in [5.74, 6) is -0.521. The number of carbonyl (C=O) groups is 1. The van der Waals surface area contributed by atoms with Crippen LogP contribution in [0.2, 0.25) is 5.02 Å². The highest BCUT2D eigenvalue weighted by molar-refractivity contribution is 6.34. The number of nitrogens with one attached hydrogen (secondary N) is 1. The van der Waals surface area contributed by atoms with Crippen molar-refractivity contribution in [2.45, 2.75) is 12.6 Å². The molecule has 2 aromatic rings. The van der Waals surface area contributed by atoms with Crippen molar-refractivity contribution < 1.29 is 22.9 Å².